The number of halogens is 1. The Balaban J connectivity index is 2.00. The van der Waals surface area contributed by atoms with Crippen LogP contribution in [-0.2, 0) is 0 Å². The van der Waals surface area contributed by atoms with Crippen molar-refractivity contribution in [2.24, 2.45) is 0 Å². The summed E-state index contributed by atoms with van der Waals surface area (Å²) in [5.41, 5.74) is 2.59. The molecule has 112 valence electrons. The number of pyridine rings is 1. The third-order valence-electron chi connectivity index (χ3n) is 4.73. The van der Waals surface area contributed by atoms with E-state index >= 15 is 0 Å². The van der Waals surface area contributed by atoms with E-state index in [0.717, 1.165) is 42.5 Å². The fourth-order valence-corrected chi connectivity index (χ4v) is 3.61. The van der Waals surface area contributed by atoms with Gasteiger partial charge in [-0.1, -0.05) is 26.0 Å². The van der Waals surface area contributed by atoms with E-state index in [0.29, 0.717) is 0 Å². The molecule has 2 heterocycles. The third-order valence-corrected chi connectivity index (χ3v) is 5.16. The van der Waals surface area contributed by atoms with Crippen molar-refractivity contribution >= 4 is 32.5 Å². The molecule has 0 radical (unpaired) electrons. The van der Waals surface area contributed by atoms with Gasteiger partial charge in [0.1, 0.15) is 0 Å². The average molecular weight is 348 g/mol. The number of fused-ring (bicyclic) bond motifs is 1. The first-order valence-electron chi connectivity index (χ1n) is 7.72. The molecule has 2 aromatic rings. The summed E-state index contributed by atoms with van der Waals surface area (Å²) in [7, 11) is 0. The fraction of sp³-hybridized carbons (Fsp3) is 0.471. The second-order valence-corrected chi connectivity index (χ2v) is 6.75. The van der Waals surface area contributed by atoms with Crippen LogP contribution in [-0.4, -0.2) is 30.2 Å². The molecule has 4 heteroatoms. The molecule has 0 atom stereocenters. The predicted octanol–water partition coefficient (Wildman–Crippen LogP) is 3.97. The summed E-state index contributed by atoms with van der Waals surface area (Å²) in [5, 5.41) is 4.91. The van der Waals surface area contributed by atoms with Gasteiger partial charge < -0.3 is 10.2 Å². The molecule has 1 saturated heterocycles. The van der Waals surface area contributed by atoms with Crippen molar-refractivity contribution < 1.29 is 0 Å². The number of nitrogens with zero attached hydrogens (tertiary/aromatic N) is 2. The minimum Gasteiger partial charge on any atom is -0.367 e. The first-order valence-corrected chi connectivity index (χ1v) is 8.51. The van der Waals surface area contributed by atoms with E-state index in [4.69, 9.17) is 0 Å². The van der Waals surface area contributed by atoms with Crippen molar-refractivity contribution in [3.05, 3.63) is 34.9 Å². The van der Waals surface area contributed by atoms with Crippen LogP contribution in [0.1, 0.15) is 26.7 Å². The third kappa shape index (κ3) is 2.79. The van der Waals surface area contributed by atoms with Crippen LogP contribution < -0.4 is 10.2 Å². The van der Waals surface area contributed by atoms with Crippen LogP contribution in [0.25, 0.3) is 10.9 Å². The highest BCUT2D eigenvalue weighted by Crippen LogP contribution is 2.30. The number of nitrogens with one attached hydrogen (secondary N) is 1. The molecular formula is C17H22BrN3. The number of rotatable bonds is 3. The van der Waals surface area contributed by atoms with Gasteiger partial charge >= 0.3 is 0 Å². The summed E-state index contributed by atoms with van der Waals surface area (Å²) in [6.07, 6.45) is 4.20. The molecule has 1 fully saturated rings. The first-order chi connectivity index (χ1) is 10.2. The minimum absolute atomic E-state index is 0.232. The zero-order chi connectivity index (χ0) is 14.9. The number of para-hydroxylation sites is 1. The van der Waals surface area contributed by atoms with Crippen LogP contribution >= 0.6 is 15.9 Å². The van der Waals surface area contributed by atoms with Crippen LogP contribution in [0, 0.1) is 0 Å². The van der Waals surface area contributed by atoms with E-state index in [9.17, 15) is 0 Å². The van der Waals surface area contributed by atoms with Crippen LogP contribution in [0.5, 0.6) is 0 Å². The molecule has 1 aromatic heterocycles. The number of aromatic nitrogens is 1. The van der Waals surface area contributed by atoms with Crippen LogP contribution in [0.4, 0.5) is 5.69 Å². The van der Waals surface area contributed by atoms with E-state index in [2.05, 4.69) is 69.2 Å². The molecule has 0 bridgehead atoms. The van der Waals surface area contributed by atoms with E-state index in [-0.39, 0.29) is 5.54 Å². The number of hydrogen-bond acceptors (Lipinski definition) is 3. The van der Waals surface area contributed by atoms with Gasteiger partial charge in [-0.2, -0.15) is 0 Å². The smallest absolute Gasteiger partial charge is 0.0936 e. The molecule has 3 rings (SSSR count). The molecule has 1 N–H and O–H groups in total. The summed E-state index contributed by atoms with van der Waals surface area (Å²) >= 11 is 3.51. The van der Waals surface area contributed by atoms with Gasteiger partial charge in [-0.05, 0) is 40.9 Å². The Morgan fingerprint density at radius 2 is 2.14 bits per heavy atom. The monoisotopic (exact) mass is 347 g/mol. The van der Waals surface area contributed by atoms with Gasteiger partial charge in [0, 0.05) is 41.2 Å². The topological polar surface area (TPSA) is 28.2 Å². The Kier molecular flexibility index (Phi) is 4.18. The Morgan fingerprint density at radius 3 is 2.90 bits per heavy atom. The Bertz CT molecular complexity index is 637. The summed E-state index contributed by atoms with van der Waals surface area (Å²) < 4.78 is 1.03. The minimum atomic E-state index is 0.232. The van der Waals surface area contributed by atoms with Crippen molar-refractivity contribution in [1.29, 1.82) is 0 Å². The lowest BCUT2D eigenvalue weighted by atomic mass is 9.90. The molecule has 0 spiro atoms. The lowest BCUT2D eigenvalue weighted by Gasteiger charge is -2.44. The summed E-state index contributed by atoms with van der Waals surface area (Å²) in [6, 6.07) is 8.60. The average Bonchev–Trinajstić information content (AvgIpc) is 2.54. The normalized spacial score (nSPS) is 18.1. The Labute approximate surface area is 134 Å². The molecular weight excluding hydrogens is 326 g/mol. The van der Waals surface area contributed by atoms with Gasteiger partial charge in [-0.25, -0.2) is 0 Å². The molecule has 0 amide bonds. The second-order valence-electron chi connectivity index (χ2n) is 5.84. The SMILES string of the molecule is CCC1(CC)CN(c2cccc3cc(Br)cnc23)CCN1. The van der Waals surface area contributed by atoms with Crippen molar-refractivity contribution in [1.82, 2.24) is 10.3 Å². The van der Waals surface area contributed by atoms with Crippen molar-refractivity contribution in [2.75, 3.05) is 24.5 Å². The van der Waals surface area contributed by atoms with Gasteiger partial charge in [-0.15, -0.1) is 0 Å². The largest absolute Gasteiger partial charge is 0.367 e. The molecule has 0 unspecified atom stereocenters. The van der Waals surface area contributed by atoms with Crippen molar-refractivity contribution in [3.63, 3.8) is 0 Å². The zero-order valence-corrected chi connectivity index (χ0v) is 14.3. The Hall–Kier alpha value is -1.13. The predicted molar refractivity (Wildman–Crippen MR) is 93.0 cm³/mol. The maximum Gasteiger partial charge on any atom is 0.0936 e. The van der Waals surface area contributed by atoms with Crippen LogP contribution in [0.3, 0.4) is 0 Å². The van der Waals surface area contributed by atoms with Gasteiger partial charge in [0.25, 0.3) is 0 Å². The first kappa shape index (κ1) is 14.8. The molecule has 3 nitrogen and oxygen atoms in total. The highest BCUT2D eigenvalue weighted by Gasteiger charge is 2.32. The molecule has 1 aliphatic rings. The molecule has 1 aliphatic heterocycles. The van der Waals surface area contributed by atoms with Gasteiger partial charge in [0.05, 0.1) is 11.2 Å². The lowest BCUT2D eigenvalue weighted by Crippen LogP contribution is -2.60. The molecule has 21 heavy (non-hydrogen) atoms. The fourth-order valence-electron chi connectivity index (χ4n) is 3.26. The van der Waals surface area contributed by atoms with Gasteiger partial charge in [-0.3, -0.25) is 4.98 Å². The highest BCUT2D eigenvalue weighted by atomic mass is 79.9. The number of hydrogen-bond donors (Lipinski definition) is 1. The summed E-state index contributed by atoms with van der Waals surface area (Å²) in [6.45, 7) is 7.68. The second kappa shape index (κ2) is 5.93. The van der Waals surface area contributed by atoms with Crippen molar-refractivity contribution in [3.8, 4) is 0 Å². The molecule has 0 saturated carbocycles. The zero-order valence-electron chi connectivity index (χ0n) is 12.7. The van der Waals surface area contributed by atoms with Crippen LogP contribution in [0.2, 0.25) is 0 Å². The standard InChI is InChI=1S/C17H22BrN3/c1-3-17(4-2)12-21(9-8-20-17)15-7-5-6-13-10-14(18)11-19-16(13)15/h5-7,10-11,20H,3-4,8-9,12H2,1-2H3. The van der Waals surface area contributed by atoms with E-state index in [1.54, 1.807) is 0 Å². The number of anilines is 1. The van der Waals surface area contributed by atoms with E-state index in [1.165, 1.54) is 11.1 Å². The van der Waals surface area contributed by atoms with Gasteiger partial charge in [0.15, 0.2) is 0 Å². The maximum absolute atomic E-state index is 4.65. The van der Waals surface area contributed by atoms with Crippen LogP contribution in [0.15, 0.2) is 34.9 Å². The Morgan fingerprint density at radius 1 is 1.33 bits per heavy atom. The maximum atomic E-state index is 4.65. The summed E-state index contributed by atoms with van der Waals surface area (Å²) in [4.78, 5) is 7.14. The number of benzene rings is 1. The van der Waals surface area contributed by atoms with Crippen molar-refractivity contribution in [2.45, 2.75) is 32.2 Å². The van der Waals surface area contributed by atoms with Gasteiger partial charge in [0.2, 0.25) is 0 Å². The highest BCUT2D eigenvalue weighted by molar-refractivity contribution is 9.10. The quantitative estimate of drug-likeness (QED) is 0.910. The van der Waals surface area contributed by atoms with E-state index in [1.807, 2.05) is 6.20 Å². The van der Waals surface area contributed by atoms with E-state index < -0.39 is 0 Å². The molecule has 1 aromatic carbocycles. The lowest BCUT2D eigenvalue weighted by molar-refractivity contribution is 0.277. The number of piperazine rings is 1. The molecule has 0 aliphatic carbocycles. The summed E-state index contributed by atoms with van der Waals surface area (Å²) in [5.74, 6) is 0.